The van der Waals surface area contributed by atoms with Crippen molar-refractivity contribution in [2.24, 2.45) is 5.41 Å². The second-order valence-electron chi connectivity index (χ2n) is 7.31. The van der Waals surface area contributed by atoms with Crippen molar-refractivity contribution < 1.29 is 17.8 Å². The maximum Gasteiger partial charge on any atom is 0.293 e. The van der Waals surface area contributed by atoms with E-state index in [1.807, 2.05) is 39.8 Å². The summed E-state index contributed by atoms with van der Waals surface area (Å²) in [4.78, 5) is 10.8. The van der Waals surface area contributed by atoms with Crippen molar-refractivity contribution >= 4 is 21.2 Å². The molecule has 1 N–H and O–H groups in total. The average Bonchev–Trinajstić information content (AvgIpc) is 2.98. The summed E-state index contributed by atoms with van der Waals surface area (Å²) in [6.45, 7) is 7.97. The number of benzene rings is 1. The molecule has 0 aliphatic heterocycles. The number of nitrogens with one attached hydrogen (secondary N) is 1. The molecule has 0 saturated heterocycles. The Kier molecular flexibility index (Phi) is 5.46. The smallest absolute Gasteiger partial charge is 0.293 e. The zero-order valence-electron chi connectivity index (χ0n) is 15.6. The Morgan fingerprint density at radius 1 is 1.23 bits per heavy atom. The van der Waals surface area contributed by atoms with Gasteiger partial charge in [-0.1, -0.05) is 27.7 Å². The largest absolute Gasteiger partial charge is 0.464 e. The number of hydrogen-bond donors (Lipinski definition) is 1. The van der Waals surface area contributed by atoms with Gasteiger partial charge in [0.1, 0.15) is 17.2 Å². The molecule has 0 unspecified atom stereocenters. The van der Waals surface area contributed by atoms with Crippen molar-refractivity contribution in [3.05, 3.63) is 52.0 Å². The number of anilines is 1. The zero-order valence-corrected chi connectivity index (χ0v) is 16.4. The average molecular weight is 380 g/mol. The first-order chi connectivity index (χ1) is 11.9. The van der Waals surface area contributed by atoms with Crippen LogP contribution in [-0.4, -0.2) is 19.6 Å². The van der Waals surface area contributed by atoms with Gasteiger partial charge in [-0.3, -0.25) is 10.1 Å². The number of rotatable bonds is 6. The SMILES string of the molecule is CCc1ccc([C@H](Nc2ccc(S(C)(=O)=O)cc2[N+](=O)[O-])C(C)(C)C)o1. The molecule has 0 amide bonds. The van der Waals surface area contributed by atoms with Crippen LogP contribution in [0.25, 0.3) is 0 Å². The van der Waals surface area contributed by atoms with E-state index < -0.39 is 14.8 Å². The van der Waals surface area contributed by atoms with Gasteiger partial charge < -0.3 is 9.73 Å². The van der Waals surface area contributed by atoms with Gasteiger partial charge in [-0.25, -0.2) is 8.42 Å². The molecule has 0 radical (unpaired) electrons. The minimum atomic E-state index is -3.54. The number of nitrogens with zero attached hydrogens (tertiary/aromatic N) is 1. The monoisotopic (exact) mass is 380 g/mol. The van der Waals surface area contributed by atoms with Crippen LogP contribution in [0.4, 0.5) is 11.4 Å². The molecule has 1 aromatic heterocycles. The Morgan fingerprint density at radius 2 is 1.88 bits per heavy atom. The predicted octanol–water partition coefficient (Wildman–Crippen LogP) is 4.35. The summed E-state index contributed by atoms with van der Waals surface area (Å²) in [5.41, 5.74) is -0.340. The Balaban J connectivity index is 2.50. The Labute approximate surface area is 153 Å². The van der Waals surface area contributed by atoms with Crippen LogP contribution in [0.2, 0.25) is 0 Å². The number of nitro benzene ring substituents is 1. The third-order valence-corrected chi connectivity index (χ3v) is 5.19. The van der Waals surface area contributed by atoms with Gasteiger partial charge in [-0.2, -0.15) is 0 Å². The van der Waals surface area contributed by atoms with Crippen LogP contribution in [0.15, 0.2) is 39.6 Å². The normalized spacial score (nSPS) is 13.4. The first-order valence-corrected chi connectivity index (χ1v) is 10.2. The maximum atomic E-state index is 11.7. The predicted molar refractivity (Wildman–Crippen MR) is 100 cm³/mol. The molecule has 0 fully saturated rings. The maximum absolute atomic E-state index is 11.7. The number of nitro groups is 1. The molecule has 0 spiro atoms. The number of furan rings is 1. The van der Waals surface area contributed by atoms with Gasteiger partial charge in [0.05, 0.1) is 15.9 Å². The van der Waals surface area contributed by atoms with Crippen molar-refractivity contribution in [1.82, 2.24) is 0 Å². The van der Waals surface area contributed by atoms with Crippen LogP contribution < -0.4 is 5.32 Å². The molecule has 2 aromatic rings. The van der Waals surface area contributed by atoms with E-state index in [9.17, 15) is 18.5 Å². The molecule has 8 heteroatoms. The minimum absolute atomic E-state index is 0.0895. The summed E-state index contributed by atoms with van der Waals surface area (Å²) >= 11 is 0. The van der Waals surface area contributed by atoms with E-state index >= 15 is 0 Å². The molecule has 0 aliphatic rings. The second kappa shape index (κ2) is 7.11. The Morgan fingerprint density at radius 3 is 2.35 bits per heavy atom. The summed E-state index contributed by atoms with van der Waals surface area (Å²) in [5.74, 6) is 1.51. The molecule has 0 aliphatic carbocycles. The molecule has 2 rings (SSSR count). The molecule has 26 heavy (non-hydrogen) atoms. The summed E-state index contributed by atoms with van der Waals surface area (Å²) in [6.07, 6.45) is 1.77. The van der Waals surface area contributed by atoms with Gasteiger partial charge in [0.25, 0.3) is 5.69 Å². The highest BCUT2D eigenvalue weighted by Crippen LogP contribution is 2.39. The van der Waals surface area contributed by atoms with Crippen molar-refractivity contribution in [2.45, 2.75) is 45.1 Å². The van der Waals surface area contributed by atoms with Gasteiger partial charge in [0, 0.05) is 18.7 Å². The van der Waals surface area contributed by atoms with E-state index in [0.29, 0.717) is 5.76 Å². The number of sulfone groups is 1. The molecule has 1 atom stereocenters. The fourth-order valence-corrected chi connectivity index (χ4v) is 3.27. The lowest BCUT2D eigenvalue weighted by Gasteiger charge is -2.30. The summed E-state index contributed by atoms with van der Waals surface area (Å²) in [6, 6.07) is 7.29. The molecule has 142 valence electrons. The van der Waals surface area contributed by atoms with Crippen LogP contribution in [-0.2, 0) is 16.3 Å². The summed E-state index contributed by atoms with van der Waals surface area (Å²) < 4.78 is 29.2. The molecule has 7 nitrogen and oxygen atoms in total. The van der Waals surface area contributed by atoms with E-state index in [0.717, 1.165) is 24.5 Å². The highest BCUT2D eigenvalue weighted by Gasteiger charge is 2.31. The minimum Gasteiger partial charge on any atom is -0.464 e. The van der Waals surface area contributed by atoms with Gasteiger partial charge in [0.2, 0.25) is 0 Å². The second-order valence-corrected chi connectivity index (χ2v) is 9.32. The van der Waals surface area contributed by atoms with Crippen LogP contribution in [0.5, 0.6) is 0 Å². The van der Waals surface area contributed by atoms with E-state index in [4.69, 9.17) is 4.42 Å². The standard InChI is InChI=1S/C18H24N2O5S/c1-6-12-7-10-16(25-12)17(18(2,3)4)19-14-9-8-13(26(5,23)24)11-15(14)20(21)22/h7-11,17,19H,6H2,1-5H3/t17-/m0/s1. The third kappa shape index (κ3) is 4.43. The Bertz CT molecular complexity index is 910. The lowest BCUT2D eigenvalue weighted by Crippen LogP contribution is -2.25. The first kappa shape index (κ1) is 20.0. The topological polar surface area (TPSA) is 102 Å². The van der Waals surface area contributed by atoms with Gasteiger partial charge in [-0.05, 0) is 29.7 Å². The fourth-order valence-electron chi connectivity index (χ4n) is 2.62. The van der Waals surface area contributed by atoms with E-state index in [-0.39, 0.29) is 27.7 Å². The van der Waals surface area contributed by atoms with Crippen LogP contribution in [0.1, 0.15) is 45.3 Å². The summed E-state index contributed by atoms with van der Waals surface area (Å²) in [5, 5.41) is 14.6. The lowest BCUT2D eigenvalue weighted by atomic mass is 9.85. The van der Waals surface area contributed by atoms with Crippen molar-refractivity contribution in [1.29, 1.82) is 0 Å². The van der Waals surface area contributed by atoms with Crippen molar-refractivity contribution in [3.63, 3.8) is 0 Å². The molecule has 0 saturated carbocycles. The third-order valence-electron chi connectivity index (χ3n) is 4.08. The first-order valence-electron chi connectivity index (χ1n) is 8.27. The zero-order chi connectivity index (χ0) is 19.7. The van der Waals surface area contributed by atoms with Gasteiger partial charge in [0.15, 0.2) is 9.84 Å². The van der Waals surface area contributed by atoms with E-state index in [2.05, 4.69) is 5.32 Å². The van der Waals surface area contributed by atoms with Crippen molar-refractivity contribution in [2.75, 3.05) is 11.6 Å². The number of aryl methyl sites for hydroxylation is 1. The highest BCUT2D eigenvalue weighted by atomic mass is 32.2. The summed E-state index contributed by atoms with van der Waals surface area (Å²) in [7, 11) is -3.54. The Hall–Kier alpha value is -2.35. The van der Waals surface area contributed by atoms with Crippen molar-refractivity contribution in [3.8, 4) is 0 Å². The van der Waals surface area contributed by atoms with Crippen LogP contribution >= 0.6 is 0 Å². The van der Waals surface area contributed by atoms with E-state index in [1.54, 1.807) is 0 Å². The molecule has 0 bridgehead atoms. The van der Waals surface area contributed by atoms with Gasteiger partial charge >= 0.3 is 0 Å². The quantitative estimate of drug-likeness (QED) is 0.590. The fraction of sp³-hybridized carbons (Fsp3) is 0.444. The molecular weight excluding hydrogens is 356 g/mol. The molecular formula is C18H24N2O5S. The highest BCUT2D eigenvalue weighted by molar-refractivity contribution is 7.90. The van der Waals surface area contributed by atoms with Gasteiger partial charge in [-0.15, -0.1) is 0 Å². The van der Waals surface area contributed by atoms with Crippen LogP contribution in [0.3, 0.4) is 0 Å². The lowest BCUT2D eigenvalue weighted by molar-refractivity contribution is -0.384. The molecule has 1 heterocycles. The molecule has 1 aromatic carbocycles. The van der Waals surface area contributed by atoms with E-state index in [1.165, 1.54) is 12.1 Å². The number of hydrogen-bond acceptors (Lipinski definition) is 6. The van der Waals surface area contributed by atoms with Crippen LogP contribution in [0, 0.1) is 15.5 Å².